The minimum absolute atomic E-state index is 0.0291. The molecule has 3 rings (SSSR count). The number of amides is 1. The van der Waals surface area contributed by atoms with Crippen LogP contribution in [0.5, 0.6) is 0 Å². The maximum Gasteiger partial charge on any atom is 0.323 e. The number of aryl methyl sites for hydroxylation is 3. The molecule has 0 radical (unpaired) electrons. The first-order chi connectivity index (χ1) is 17.1. The van der Waals surface area contributed by atoms with Gasteiger partial charge in [-0.3, -0.25) is 9.59 Å². The normalized spacial score (nSPS) is 16.2. The summed E-state index contributed by atoms with van der Waals surface area (Å²) in [6, 6.07) is 1.87. The zero-order valence-corrected chi connectivity index (χ0v) is 21.3. The van der Waals surface area contributed by atoms with E-state index in [0.29, 0.717) is 29.9 Å². The highest BCUT2D eigenvalue weighted by molar-refractivity contribution is 7.89. The number of rotatable bonds is 13. The molecule has 0 aliphatic carbocycles. The van der Waals surface area contributed by atoms with Gasteiger partial charge >= 0.3 is 5.97 Å². The van der Waals surface area contributed by atoms with Gasteiger partial charge in [-0.1, -0.05) is 22.9 Å². The molecule has 0 saturated carbocycles. The Balaban J connectivity index is 1.46. The lowest BCUT2D eigenvalue weighted by atomic mass is 10.1. The summed E-state index contributed by atoms with van der Waals surface area (Å²) >= 11 is 0. The second kappa shape index (κ2) is 12.0. The molecule has 2 heterocycles. The van der Waals surface area contributed by atoms with Crippen LogP contribution in [0.25, 0.3) is 0 Å². The van der Waals surface area contributed by atoms with Gasteiger partial charge in [-0.25, -0.2) is 13.4 Å². The zero-order valence-electron chi connectivity index (χ0n) is 20.5. The minimum Gasteiger partial charge on any atom is -0.480 e. The molecular weight excluding hydrogens is 488 g/mol. The predicted octanol–water partition coefficient (Wildman–Crippen LogP) is 1.61. The molecule has 1 amide bonds. The van der Waals surface area contributed by atoms with Crippen LogP contribution in [0, 0.1) is 20.8 Å². The maximum atomic E-state index is 12.9. The predicted molar refractivity (Wildman–Crippen MR) is 133 cm³/mol. The molecule has 1 aromatic heterocycles. The number of imidazole rings is 1. The molecule has 13 heteroatoms. The van der Waals surface area contributed by atoms with Crippen LogP contribution >= 0.6 is 0 Å². The van der Waals surface area contributed by atoms with E-state index in [4.69, 9.17) is 4.84 Å². The fourth-order valence-corrected chi connectivity index (χ4v) is 5.74. The Morgan fingerprint density at radius 3 is 2.58 bits per heavy atom. The number of aromatic amines is 1. The second-order valence-corrected chi connectivity index (χ2v) is 10.4. The van der Waals surface area contributed by atoms with Gasteiger partial charge in [0.1, 0.15) is 17.9 Å². The van der Waals surface area contributed by atoms with Gasteiger partial charge in [-0.05, 0) is 51.2 Å². The molecule has 1 aromatic carbocycles. The largest absolute Gasteiger partial charge is 0.480 e. The number of carbonyl (C=O) groups is 2. The number of oxime groups is 1. The Hall–Kier alpha value is -3.45. The van der Waals surface area contributed by atoms with Crippen molar-refractivity contribution in [3.05, 3.63) is 41.2 Å². The molecule has 5 N–H and O–H groups in total. The molecule has 196 valence electrons. The fraction of sp³-hybridized carbons (Fsp3) is 0.478. The molecule has 2 atom stereocenters. The highest BCUT2D eigenvalue weighted by atomic mass is 32.2. The van der Waals surface area contributed by atoms with Crippen molar-refractivity contribution < 1.29 is 28.0 Å². The van der Waals surface area contributed by atoms with E-state index in [1.165, 1.54) is 0 Å². The second-order valence-electron chi connectivity index (χ2n) is 8.78. The van der Waals surface area contributed by atoms with Gasteiger partial charge in [0, 0.05) is 31.9 Å². The summed E-state index contributed by atoms with van der Waals surface area (Å²) in [5.41, 5.74) is 2.06. The number of nitrogens with one attached hydrogen (secondary N) is 4. The zero-order chi connectivity index (χ0) is 26.3. The van der Waals surface area contributed by atoms with Crippen LogP contribution in [0.1, 0.15) is 42.4 Å². The summed E-state index contributed by atoms with van der Waals surface area (Å²) in [6.07, 6.45) is 5.88. The van der Waals surface area contributed by atoms with E-state index in [1.54, 1.807) is 38.4 Å². The van der Waals surface area contributed by atoms with E-state index < -0.39 is 34.5 Å². The monoisotopic (exact) mass is 520 g/mol. The Kier molecular flexibility index (Phi) is 9.04. The van der Waals surface area contributed by atoms with Gasteiger partial charge in [0.2, 0.25) is 10.0 Å². The van der Waals surface area contributed by atoms with Crippen molar-refractivity contribution >= 4 is 33.6 Å². The molecule has 1 unspecified atom stereocenters. The first-order valence-electron chi connectivity index (χ1n) is 11.6. The van der Waals surface area contributed by atoms with E-state index in [2.05, 4.69) is 30.5 Å². The Morgan fingerprint density at radius 1 is 1.22 bits per heavy atom. The van der Waals surface area contributed by atoms with Gasteiger partial charge in [0.05, 0.1) is 4.90 Å². The summed E-state index contributed by atoms with van der Waals surface area (Å²) in [5.74, 6) is -1.29. The van der Waals surface area contributed by atoms with Crippen LogP contribution in [-0.2, 0) is 24.4 Å². The van der Waals surface area contributed by atoms with E-state index in [0.717, 1.165) is 24.9 Å². The third-order valence-corrected chi connectivity index (χ3v) is 7.45. The first kappa shape index (κ1) is 27.1. The summed E-state index contributed by atoms with van der Waals surface area (Å²) in [4.78, 5) is 36.6. The van der Waals surface area contributed by atoms with E-state index in [-0.39, 0.29) is 16.7 Å². The molecule has 0 fully saturated rings. The summed E-state index contributed by atoms with van der Waals surface area (Å²) in [7, 11) is -4.14. The Bertz CT molecular complexity index is 1190. The van der Waals surface area contributed by atoms with Gasteiger partial charge in [0.25, 0.3) is 5.91 Å². The quantitative estimate of drug-likeness (QED) is 0.248. The van der Waals surface area contributed by atoms with Crippen molar-refractivity contribution in [2.24, 2.45) is 5.16 Å². The van der Waals surface area contributed by atoms with Crippen LogP contribution in [0.15, 0.2) is 34.6 Å². The van der Waals surface area contributed by atoms with Gasteiger partial charge in [-0.2, -0.15) is 4.72 Å². The van der Waals surface area contributed by atoms with Crippen molar-refractivity contribution in [1.82, 2.24) is 20.0 Å². The van der Waals surface area contributed by atoms with Gasteiger partial charge < -0.3 is 25.6 Å². The van der Waals surface area contributed by atoms with Crippen molar-refractivity contribution in [2.75, 3.05) is 18.4 Å². The Morgan fingerprint density at radius 2 is 1.94 bits per heavy atom. The minimum atomic E-state index is -4.14. The molecule has 1 aliphatic rings. The molecule has 0 saturated heterocycles. The SMILES string of the molecule is Cc1cc(C)c(S(=O)(=O)N[C@@H](CNC(=O)C2=NOC(CCCCNc3ncc[nH]3)C2)C(=O)O)c(C)c1. The van der Waals surface area contributed by atoms with Crippen LogP contribution < -0.4 is 15.4 Å². The van der Waals surface area contributed by atoms with E-state index in [9.17, 15) is 23.1 Å². The van der Waals surface area contributed by atoms with Crippen molar-refractivity contribution in [2.45, 2.75) is 63.5 Å². The van der Waals surface area contributed by atoms with E-state index >= 15 is 0 Å². The molecule has 36 heavy (non-hydrogen) atoms. The number of hydrogen-bond donors (Lipinski definition) is 5. The number of hydrogen-bond acceptors (Lipinski definition) is 8. The number of carboxylic acids is 1. The van der Waals surface area contributed by atoms with E-state index in [1.807, 2.05) is 6.92 Å². The smallest absolute Gasteiger partial charge is 0.323 e. The number of sulfonamides is 1. The first-order valence-corrected chi connectivity index (χ1v) is 13.1. The number of anilines is 1. The summed E-state index contributed by atoms with van der Waals surface area (Å²) in [6.45, 7) is 5.44. The number of nitrogens with zero attached hydrogens (tertiary/aromatic N) is 2. The molecule has 0 bridgehead atoms. The average Bonchev–Trinajstić information content (AvgIpc) is 3.47. The number of carboxylic acid groups (broad SMARTS) is 1. The van der Waals surface area contributed by atoms with Crippen LogP contribution in [-0.4, -0.2) is 66.3 Å². The highest BCUT2D eigenvalue weighted by Crippen LogP contribution is 2.22. The van der Waals surface area contributed by atoms with Crippen LogP contribution in [0.3, 0.4) is 0 Å². The molecule has 12 nitrogen and oxygen atoms in total. The van der Waals surface area contributed by atoms with Crippen molar-refractivity contribution in [3.63, 3.8) is 0 Å². The standard InChI is InChI=1S/C23H32N6O6S/c1-14-10-15(2)20(16(3)11-14)36(33,34)29-19(22(31)32)13-27-21(30)18-12-17(35-28-18)6-4-5-7-24-23-25-8-9-26-23/h8-11,17,19,29H,4-7,12-13H2,1-3H3,(H,27,30)(H,31,32)(H2,24,25,26)/t17?,19-/m0/s1. The lowest BCUT2D eigenvalue weighted by Gasteiger charge is -2.18. The van der Waals surface area contributed by atoms with Crippen LogP contribution in [0.2, 0.25) is 0 Å². The van der Waals surface area contributed by atoms with Gasteiger partial charge in [0.15, 0.2) is 5.95 Å². The topological polar surface area (TPSA) is 175 Å². The third-order valence-electron chi connectivity index (χ3n) is 5.67. The molecule has 0 spiro atoms. The third kappa shape index (κ3) is 7.28. The molecule has 2 aromatic rings. The number of benzene rings is 1. The number of unbranched alkanes of at least 4 members (excludes halogenated alkanes) is 1. The lowest BCUT2D eigenvalue weighted by Crippen LogP contribution is -2.49. The van der Waals surface area contributed by atoms with Crippen molar-refractivity contribution in [3.8, 4) is 0 Å². The lowest BCUT2D eigenvalue weighted by molar-refractivity contribution is -0.138. The van der Waals surface area contributed by atoms with Crippen LogP contribution in [0.4, 0.5) is 5.95 Å². The number of H-pyrrole nitrogens is 1. The molecular formula is C23H32N6O6S. The van der Waals surface area contributed by atoms with Gasteiger partial charge in [-0.15, -0.1) is 0 Å². The maximum absolute atomic E-state index is 12.9. The average molecular weight is 521 g/mol. The molecule has 1 aliphatic heterocycles. The number of carbonyl (C=O) groups excluding carboxylic acids is 1. The highest BCUT2D eigenvalue weighted by Gasteiger charge is 2.30. The number of aromatic nitrogens is 2. The summed E-state index contributed by atoms with van der Waals surface area (Å²) in [5, 5.41) is 19.0. The number of aliphatic carboxylic acids is 1. The summed E-state index contributed by atoms with van der Waals surface area (Å²) < 4.78 is 28.0. The fourth-order valence-electron chi connectivity index (χ4n) is 4.10. The van der Waals surface area contributed by atoms with Crippen molar-refractivity contribution in [1.29, 1.82) is 0 Å². The Labute approximate surface area is 210 Å².